The Morgan fingerprint density at radius 2 is 2.08 bits per heavy atom. The maximum Gasteiger partial charge on any atom is 0.267 e. The van der Waals surface area contributed by atoms with Gasteiger partial charge in [0.15, 0.2) is 0 Å². The number of unbranched alkanes of at least 4 members (excludes halogenated alkanes) is 2. The molecule has 0 aliphatic heterocycles. The first-order valence-electron chi connectivity index (χ1n) is 4.36. The van der Waals surface area contributed by atoms with Crippen LogP contribution in [0.25, 0.3) is 0 Å². The van der Waals surface area contributed by atoms with Crippen LogP contribution in [-0.4, -0.2) is 20.8 Å². The van der Waals surface area contributed by atoms with Crippen LogP contribution in [0.2, 0.25) is 0 Å². The molecule has 0 aliphatic carbocycles. The molecule has 0 aromatic rings. The summed E-state index contributed by atoms with van der Waals surface area (Å²) in [5, 5.41) is 8.18. The van der Waals surface area contributed by atoms with Crippen molar-refractivity contribution < 1.29 is 12.6 Å². The van der Waals surface area contributed by atoms with Gasteiger partial charge in [0.2, 0.25) is 0 Å². The molecule has 0 unspecified atom stereocenters. The van der Waals surface area contributed by atoms with Crippen LogP contribution in [0.5, 0.6) is 0 Å². The Balaban J connectivity index is 3.59. The van der Waals surface area contributed by atoms with Crippen LogP contribution >= 0.6 is 0 Å². The van der Waals surface area contributed by atoms with Gasteiger partial charge in [0.05, 0.1) is 18.4 Å². The molecule has 0 spiro atoms. The summed E-state index contributed by atoms with van der Waals surface area (Å²) in [6, 6.07) is 1.92. The Morgan fingerprint density at radius 3 is 2.62 bits per heavy atom. The zero-order valence-corrected chi connectivity index (χ0v) is 8.64. The summed E-state index contributed by atoms with van der Waals surface area (Å²) >= 11 is 0. The number of rotatable bonds is 7. The maximum atomic E-state index is 11.0. The lowest BCUT2D eigenvalue weighted by atomic mass is 10.4. The monoisotopic (exact) mass is 205 g/mol. The van der Waals surface area contributed by atoms with Crippen molar-refractivity contribution in [3.63, 3.8) is 0 Å². The highest BCUT2D eigenvalue weighted by molar-refractivity contribution is 7.86. The molecule has 0 atom stereocenters. The molecule has 0 aromatic heterocycles. The van der Waals surface area contributed by atoms with Crippen LogP contribution in [-0.2, 0) is 14.3 Å². The van der Waals surface area contributed by atoms with E-state index in [0.717, 1.165) is 6.42 Å². The minimum absolute atomic E-state index is 0.0794. The quantitative estimate of drug-likeness (QED) is 0.466. The average Bonchev–Trinajstić information content (AvgIpc) is 2.09. The fraction of sp³-hybridized carbons (Fsp3) is 0.875. The molecule has 76 valence electrons. The fourth-order valence-electron chi connectivity index (χ4n) is 0.717. The van der Waals surface area contributed by atoms with E-state index < -0.39 is 10.1 Å². The Bertz CT molecular complexity index is 253. The second-order valence-corrected chi connectivity index (χ2v) is 4.46. The van der Waals surface area contributed by atoms with Crippen molar-refractivity contribution in [1.29, 1.82) is 5.26 Å². The zero-order chi connectivity index (χ0) is 10.2. The first-order valence-corrected chi connectivity index (χ1v) is 5.94. The van der Waals surface area contributed by atoms with Gasteiger partial charge >= 0.3 is 0 Å². The standard InChI is InChI=1S/C8H15NO3S/c1-2-3-8-13(10,11)12-7-5-4-6-9/h2-5,7-8H2,1H3. The Labute approximate surface area is 79.6 Å². The van der Waals surface area contributed by atoms with E-state index >= 15 is 0 Å². The van der Waals surface area contributed by atoms with E-state index in [9.17, 15) is 8.42 Å². The van der Waals surface area contributed by atoms with Gasteiger partial charge in [0.1, 0.15) is 0 Å². The topological polar surface area (TPSA) is 67.2 Å². The van der Waals surface area contributed by atoms with Gasteiger partial charge in [-0.05, 0) is 12.8 Å². The van der Waals surface area contributed by atoms with Gasteiger partial charge in [0.25, 0.3) is 10.1 Å². The van der Waals surface area contributed by atoms with Gasteiger partial charge in [-0.2, -0.15) is 13.7 Å². The number of nitriles is 1. The molecular weight excluding hydrogens is 190 g/mol. The van der Waals surface area contributed by atoms with Gasteiger partial charge in [-0.25, -0.2) is 0 Å². The van der Waals surface area contributed by atoms with E-state index in [1.165, 1.54) is 0 Å². The molecule has 0 saturated carbocycles. The first-order chi connectivity index (χ1) is 6.12. The molecule has 0 aromatic carbocycles. The summed E-state index contributed by atoms with van der Waals surface area (Å²) < 4.78 is 26.7. The van der Waals surface area contributed by atoms with Crippen molar-refractivity contribution in [3.05, 3.63) is 0 Å². The molecule has 0 rings (SSSR count). The molecule has 0 saturated heterocycles. The van der Waals surface area contributed by atoms with Crippen LogP contribution in [0.4, 0.5) is 0 Å². The number of nitrogens with zero attached hydrogens (tertiary/aromatic N) is 1. The van der Waals surface area contributed by atoms with Crippen molar-refractivity contribution in [1.82, 2.24) is 0 Å². The van der Waals surface area contributed by atoms with Gasteiger partial charge in [-0.15, -0.1) is 0 Å². The van der Waals surface area contributed by atoms with E-state index in [1.54, 1.807) is 0 Å². The normalized spacial score (nSPS) is 11.1. The molecule has 0 aliphatic rings. The van der Waals surface area contributed by atoms with Crippen molar-refractivity contribution in [2.45, 2.75) is 32.6 Å². The van der Waals surface area contributed by atoms with Crippen molar-refractivity contribution in [3.8, 4) is 6.07 Å². The van der Waals surface area contributed by atoms with E-state index in [4.69, 9.17) is 5.26 Å². The largest absolute Gasteiger partial charge is 0.270 e. The Morgan fingerprint density at radius 1 is 1.38 bits per heavy atom. The number of hydrogen-bond donors (Lipinski definition) is 0. The summed E-state index contributed by atoms with van der Waals surface area (Å²) in [7, 11) is -3.33. The predicted molar refractivity (Wildman–Crippen MR) is 49.5 cm³/mol. The summed E-state index contributed by atoms with van der Waals surface area (Å²) in [6.45, 7) is 2.05. The molecule has 0 radical (unpaired) electrons. The van der Waals surface area contributed by atoms with E-state index in [0.29, 0.717) is 19.3 Å². The van der Waals surface area contributed by atoms with E-state index in [-0.39, 0.29) is 12.4 Å². The third kappa shape index (κ3) is 7.75. The molecule has 4 nitrogen and oxygen atoms in total. The van der Waals surface area contributed by atoms with Crippen molar-refractivity contribution >= 4 is 10.1 Å². The van der Waals surface area contributed by atoms with Gasteiger partial charge in [0, 0.05) is 6.42 Å². The Hall–Kier alpha value is -0.600. The van der Waals surface area contributed by atoms with E-state index in [2.05, 4.69) is 4.18 Å². The van der Waals surface area contributed by atoms with Gasteiger partial charge < -0.3 is 0 Å². The summed E-state index contributed by atoms with van der Waals surface area (Å²) in [4.78, 5) is 0. The molecule has 13 heavy (non-hydrogen) atoms. The second-order valence-electron chi connectivity index (χ2n) is 2.70. The number of hydrogen-bond acceptors (Lipinski definition) is 4. The highest BCUT2D eigenvalue weighted by Crippen LogP contribution is 2.00. The van der Waals surface area contributed by atoms with Gasteiger partial charge in [-0.1, -0.05) is 13.3 Å². The lowest BCUT2D eigenvalue weighted by Gasteiger charge is -2.02. The molecule has 0 fully saturated rings. The molecule has 0 bridgehead atoms. The third-order valence-corrected chi connectivity index (χ3v) is 2.76. The lowest BCUT2D eigenvalue weighted by molar-refractivity contribution is 0.313. The van der Waals surface area contributed by atoms with Crippen LogP contribution in [0, 0.1) is 11.3 Å². The van der Waals surface area contributed by atoms with Crippen LogP contribution in [0.3, 0.4) is 0 Å². The van der Waals surface area contributed by atoms with Gasteiger partial charge in [-0.3, -0.25) is 4.18 Å². The molecular formula is C8H15NO3S. The molecule has 0 N–H and O–H groups in total. The van der Waals surface area contributed by atoms with Crippen LogP contribution in [0.1, 0.15) is 32.6 Å². The molecule has 0 amide bonds. The highest BCUT2D eigenvalue weighted by Gasteiger charge is 2.09. The smallest absolute Gasteiger partial charge is 0.267 e. The van der Waals surface area contributed by atoms with Crippen LogP contribution in [0.15, 0.2) is 0 Å². The highest BCUT2D eigenvalue weighted by atomic mass is 32.2. The summed E-state index contributed by atoms with van der Waals surface area (Å²) in [5.74, 6) is 0.0794. The minimum atomic E-state index is -3.33. The van der Waals surface area contributed by atoms with Crippen molar-refractivity contribution in [2.75, 3.05) is 12.4 Å². The average molecular weight is 205 g/mol. The lowest BCUT2D eigenvalue weighted by Crippen LogP contribution is -2.11. The SMILES string of the molecule is CCCCS(=O)(=O)OCCCC#N. The molecule has 0 heterocycles. The second kappa shape index (κ2) is 6.87. The van der Waals surface area contributed by atoms with E-state index in [1.807, 2.05) is 13.0 Å². The summed E-state index contributed by atoms with van der Waals surface area (Å²) in [5.41, 5.74) is 0. The Kier molecular flexibility index (Phi) is 6.55. The maximum absolute atomic E-state index is 11.0. The van der Waals surface area contributed by atoms with Crippen LogP contribution < -0.4 is 0 Å². The first kappa shape index (κ1) is 12.4. The summed E-state index contributed by atoms with van der Waals surface area (Å²) in [6.07, 6.45) is 2.27. The minimum Gasteiger partial charge on any atom is -0.270 e. The third-order valence-electron chi connectivity index (χ3n) is 1.44. The predicted octanol–water partition coefficient (Wildman–Crippen LogP) is 1.44. The fourth-order valence-corrected chi connectivity index (χ4v) is 1.85. The zero-order valence-electron chi connectivity index (χ0n) is 7.82. The molecule has 5 heteroatoms. The van der Waals surface area contributed by atoms with Crippen molar-refractivity contribution in [2.24, 2.45) is 0 Å².